The zero-order chi connectivity index (χ0) is 24.9. The van der Waals surface area contributed by atoms with Crippen LogP contribution in [0.5, 0.6) is 0 Å². The maximum absolute atomic E-state index is 3.96. The van der Waals surface area contributed by atoms with E-state index in [9.17, 15) is 0 Å². The standard InChI is InChI=1S/C18H32.C17H30.4H2/c1-3-5-6-16-9-13-18(14-10-16)17-11-7-15(4-2)8-12-17;1-3-5-15-8-12-17(13-9-15)16-10-6-14(4-2)7-11-16;;;;/h4,15-18H,2-3,5-14H2,1H3;4,14-17H,2-3,5-13H2,1H3;4*1H. The van der Waals surface area contributed by atoms with Crippen LogP contribution in [-0.2, 0) is 0 Å². The van der Waals surface area contributed by atoms with Gasteiger partial charge in [-0.3, -0.25) is 0 Å². The quantitative estimate of drug-likeness (QED) is 0.282. The van der Waals surface area contributed by atoms with Gasteiger partial charge in [-0.1, -0.05) is 83.8 Å². The highest BCUT2D eigenvalue weighted by molar-refractivity contribution is 4.88. The van der Waals surface area contributed by atoms with Crippen LogP contribution in [0.4, 0.5) is 0 Å². The summed E-state index contributed by atoms with van der Waals surface area (Å²) in [4.78, 5) is 0. The maximum Gasteiger partial charge on any atom is 0 e. The summed E-state index contributed by atoms with van der Waals surface area (Å²) in [5, 5.41) is 0. The predicted octanol–water partition coefficient (Wildman–Crippen LogP) is 12.5. The molecule has 0 unspecified atom stereocenters. The molecule has 4 aliphatic carbocycles. The van der Waals surface area contributed by atoms with Crippen LogP contribution in [0.15, 0.2) is 25.3 Å². The molecule has 4 fully saturated rings. The Kier molecular flexibility index (Phi) is 13.6. The fraction of sp³-hybridized carbons (Fsp3) is 0.886. The number of hydrogen-bond donors (Lipinski definition) is 0. The van der Waals surface area contributed by atoms with Gasteiger partial charge < -0.3 is 0 Å². The van der Waals surface area contributed by atoms with E-state index in [2.05, 4.69) is 39.2 Å². The van der Waals surface area contributed by atoms with Gasteiger partial charge in [0.2, 0.25) is 0 Å². The first kappa shape index (κ1) is 29.0. The van der Waals surface area contributed by atoms with Crippen LogP contribution in [-0.4, -0.2) is 0 Å². The van der Waals surface area contributed by atoms with Crippen LogP contribution in [0.2, 0.25) is 0 Å². The maximum atomic E-state index is 3.96. The third-order valence-electron chi connectivity index (χ3n) is 11.1. The van der Waals surface area contributed by atoms with E-state index in [1.54, 1.807) is 0 Å². The molecule has 0 aromatic carbocycles. The minimum atomic E-state index is 0. The van der Waals surface area contributed by atoms with Crippen molar-refractivity contribution in [3.05, 3.63) is 25.3 Å². The van der Waals surface area contributed by atoms with E-state index in [0.717, 1.165) is 47.3 Å². The minimum Gasteiger partial charge on any atom is -0.103 e. The molecule has 0 aliphatic heterocycles. The Balaban J connectivity index is 0. The summed E-state index contributed by atoms with van der Waals surface area (Å²) in [6.45, 7) is 12.6. The summed E-state index contributed by atoms with van der Waals surface area (Å²) >= 11 is 0. The highest BCUT2D eigenvalue weighted by Crippen LogP contribution is 2.43. The molecule has 0 saturated heterocycles. The van der Waals surface area contributed by atoms with E-state index in [-0.39, 0.29) is 5.71 Å². The number of rotatable bonds is 9. The first-order chi connectivity index (χ1) is 17.2. The summed E-state index contributed by atoms with van der Waals surface area (Å²) in [5.41, 5.74) is 0. The van der Waals surface area contributed by atoms with Gasteiger partial charge in [0, 0.05) is 5.71 Å². The lowest BCUT2D eigenvalue weighted by Gasteiger charge is -2.37. The zero-order valence-electron chi connectivity index (χ0n) is 24.0. The molecule has 0 heterocycles. The molecule has 0 nitrogen and oxygen atoms in total. The summed E-state index contributed by atoms with van der Waals surface area (Å²) < 4.78 is 0. The van der Waals surface area contributed by atoms with Gasteiger partial charge in [0.25, 0.3) is 0 Å². The van der Waals surface area contributed by atoms with E-state index in [1.807, 2.05) is 0 Å². The fourth-order valence-corrected chi connectivity index (χ4v) is 8.50. The van der Waals surface area contributed by atoms with Crippen molar-refractivity contribution in [3.63, 3.8) is 0 Å². The Morgan fingerprint density at radius 1 is 0.486 bits per heavy atom. The van der Waals surface area contributed by atoms with Crippen LogP contribution in [0.25, 0.3) is 0 Å². The van der Waals surface area contributed by atoms with Crippen LogP contribution in [0.1, 0.15) is 154 Å². The first-order valence-electron chi connectivity index (χ1n) is 16.4. The molecule has 0 atom stereocenters. The summed E-state index contributed by atoms with van der Waals surface area (Å²) in [6, 6.07) is 0. The average Bonchev–Trinajstić information content (AvgIpc) is 2.93. The number of hydrogen-bond acceptors (Lipinski definition) is 0. The Hall–Kier alpha value is -0.520. The molecule has 0 heteroatoms. The topological polar surface area (TPSA) is 0 Å². The predicted molar refractivity (Wildman–Crippen MR) is 165 cm³/mol. The third-order valence-corrected chi connectivity index (χ3v) is 11.1. The number of allylic oxidation sites excluding steroid dienone is 2. The van der Waals surface area contributed by atoms with Gasteiger partial charge in [0.15, 0.2) is 0 Å². The number of unbranched alkanes of at least 4 members (excludes halogenated alkanes) is 1. The molecule has 0 aromatic heterocycles. The van der Waals surface area contributed by atoms with Gasteiger partial charge in [-0.25, -0.2) is 0 Å². The second kappa shape index (κ2) is 16.3. The molecule has 4 saturated carbocycles. The molecule has 0 bridgehead atoms. The molecule has 0 spiro atoms. The van der Waals surface area contributed by atoms with Crippen LogP contribution in [0.3, 0.4) is 0 Å². The molecule has 0 N–H and O–H groups in total. The SMILES string of the molecule is C=CC1CCC(C2CCC(CCC)CC2)CC1.C=CC1CCC(C2CCC(CCCC)CC2)CC1.[HH].[HH].[HH].[HH]. The summed E-state index contributed by atoms with van der Waals surface area (Å²) in [6.07, 6.45) is 35.5. The van der Waals surface area contributed by atoms with Crippen molar-refractivity contribution in [1.29, 1.82) is 0 Å². The molecule has 4 rings (SSSR count). The molecule has 210 valence electrons. The van der Waals surface area contributed by atoms with Gasteiger partial charge in [0.1, 0.15) is 0 Å². The molecule has 0 amide bonds. The van der Waals surface area contributed by atoms with Gasteiger partial charge in [-0.15, -0.1) is 13.2 Å². The molecular weight excluding hydrogens is 420 g/mol. The van der Waals surface area contributed by atoms with E-state index in [0.29, 0.717) is 0 Å². The highest BCUT2D eigenvalue weighted by Gasteiger charge is 2.31. The zero-order valence-corrected chi connectivity index (χ0v) is 24.0. The van der Waals surface area contributed by atoms with E-state index >= 15 is 0 Å². The lowest BCUT2D eigenvalue weighted by atomic mass is 9.69. The normalized spacial score (nSPS) is 38.1. The van der Waals surface area contributed by atoms with Gasteiger partial charge in [0.05, 0.1) is 0 Å². The molecular formula is C35H70. The lowest BCUT2D eigenvalue weighted by Crippen LogP contribution is -2.25. The monoisotopic (exact) mass is 491 g/mol. The van der Waals surface area contributed by atoms with E-state index in [1.165, 1.54) is 135 Å². The second-order valence-corrected chi connectivity index (χ2v) is 13.3. The van der Waals surface area contributed by atoms with Crippen LogP contribution >= 0.6 is 0 Å². The second-order valence-electron chi connectivity index (χ2n) is 13.3. The highest BCUT2D eigenvalue weighted by atomic mass is 14.4. The van der Waals surface area contributed by atoms with Crippen molar-refractivity contribution in [3.8, 4) is 0 Å². The molecule has 35 heavy (non-hydrogen) atoms. The average molecular weight is 491 g/mol. The summed E-state index contributed by atoms with van der Waals surface area (Å²) in [5.74, 6) is 8.10. The Labute approximate surface area is 227 Å². The van der Waals surface area contributed by atoms with E-state index in [4.69, 9.17) is 0 Å². The first-order valence-corrected chi connectivity index (χ1v) is 16.4. The lowest BCUT2D eigenvalue weighted by molar-refractivity contribution is 0.152. The van der Waals surface area contributed by atoms with Crippen molar-refractivity contribution in [1.82, 2.24) is 0 Å². The van der Waals surface area contributed by atoms with Gasteiger partial charge in [-0.2, -0.15) is 0 Å². The molecule has 0 aromatic rings. The van der Waals surface area contributed by atoms with Crippen molar-refractivity contribution >= 4 is 0 Å². The largest absolute Gasteiger partial charge is 0.103 e. The van der Waals surface area contributed by atoms with Crippen LogP contribution < -0.4 is 0 Å². The summed E-state index contributed by atoms with van der Waals surface area (Å²) in [7, 11) is 0. The smallest absolute Gasteiger partial charge is 0 e. The van der Waals surface area contributed by atoms with E-state index < -0.39 is 0 Å². The Morgan fingerprint density at radius 2 is 0.829 bits per heavy atom. The van der Waals surface area contributed by atoms with Gasteiger partial charge in [-0.05, 0) is 124 Å². The van der Waals surface area contributed by atoms with Crippen LogP contribution in [0, 0.1) is 47.3 Å². The van der Waals surface area contributed by atoms with Gasteiger partial charge >= 0.3 is 0 Å². The van der Waals surface area contributed by atoms with Crippen molar-refractivity contribution in [2.24, 2.45) is 47.3 Å². The van der Waals surface area contributed by atoms with Crippen molar-refractivity contribution in [2.45, 2.75) is 149 Å². The molecule has 4 aliphatic rings. The third kappa shape index (κ3) is 9.70. The minimum absolute atomic E-state index is 0. The van der Waals surface area contributed by atoms with Crippen molar-refractivity contribution < 1.29 is 5.71 Å². The molecule has 0 radical (unpaired) electrons. The van der Waals surface area contributed by atoms with Crippen molar-refractivity contribution in [2.75, 3.05) is 0 Å². The Bertz CT molecular complexity index is 561. The Morgan fingerprint density at radius 3 is 1.14 bits per heavy atom. The fourth-order valence-electron chi connectivity index (χ4n) is 8.50.